The number of nitrogens with zero attached hydrogens (tertiary/aromatic N) is 1. The van der Waals surface area contributed by atoms with Gasteiger partial charge in [0.25, 0.3) is 0 Å². The second-order valence-corrected chi connectivity index (χ2v) is 20.2. The average molecular weight is 971 g/mol. The van der Waals surface area contributed by atoms with E-state index >= 15 is 0 Å². The van der Waals surface area contributed by atoms with Crippen molar-refractivity contribution < 1.29 is 42.9 Å². The third kappa shape index (κ3) is 52.6. The number of rotatable bonds is 52. The molecule has 0 heterocycles. The molecule has 0 aliphatic carbocycles. The maximum Gasteiger partial charge on any atom is 0.306 e. The van der Waals surface area contributed by atoms with E-state index in [2.05, 4.69) is 74.6 Å². The Morgan fingerprint density at radius 2 is 0.826 bits per heavy atom. The van der Waals surface area contributed by atoms with Crippen LogP contribution in [0.15, 0.2) is 60.8 Å². The first-order valence-electron chi connectivity index (χ1n) is 28.4. The quantitative estimate of drug-likeness (QED) is 0.0195. The highest BCUT2D eigenvalue weighted by Crippen LogP contribution is 2.16. The van der Waals surface area contributed by atoms with Crippen LogP contribution in [-0.4, -0.2) is 82.3 Å². The van der Waals surface area contributed by atoms with Crippen molar-refractivity contribution in [1.82, 2.24) is 0 Å². The van der Waals surface area contributed by atoms with Gasteiger partial charge in [-0.05, 0) is 77.0 Å². The number of carbonyl (C=O) groups is 3. The van der Waals surface area contributed by atoms with Crippen molar-refractivity contribution in [3.05, 3.63) is 60.8 Å². The van der Waals surface area contributed by atoms with Gasteiger partial charge in [-0.25, -0.2) is 0 Å². The lowest BCUT2D eigenvalue weighted by Crippen LogP contribution is -2.44. The van der Waals surface area contributed by atoms with Crippen LogP contribution in [0.4, 0.5) is 0 Å². The third-order valence-electron chi connectivity index (χ3n) is 12.2. The first kappa shape index (κ1) is 66.0. The molecule has 0 aromatic heterocycles. The number of hydrogen-bond donors (Lipinski definition) is 0. The normalized spacial score (nSPS) is 13.2. The van der Waals surface area contributed by atoms with Gasteiger partial charge in [-0.2, -0.15) is 0 Å². The molecule has 0 rings (SSSR count). The molecule has 0 radical (unpaired) electrons. The lowest BCUT2D eigenvalue weighted by Gasteiger charge is -2.26. The van der Waals surface area contributed by atoms with Crippen LogP contribution in [-0.2, 0) is 33.3 Å². The molecule has 0 saturated carbocycles. The first-order chi connectivity index (χ1) is 33.6. The molecule has 0 aromatic rings. The second kappa shape index (κ2) is 51.3. The number of esters is 2. The highest BCUT2D eigenvalue weighted by Gasteiger charge is 2.22. The van der Waals surface area contributed by atoms with Crippen LogP contribution >= 0.6 is 0 Å². The number of ether oxygens (including phenoxy) is 4. The molecular formula is C60H107NO8. The van der Waals surface area contributed by atoms with Crippen molar-refractivity contribution in [2.75, 3.05) is 47.5 Å². The molecule has 0 aliphatic heterocycles. The van der Waals surface area contributed by atoms with Gasteiger partial charge < -0.3 is 33.3 Å². The zero-order valence-electron chi connectivity index (χ0n) is 45.4. The van der Waals surface area contributed by atoms with Crippen LogP contribution in [0.5, 0.6) is 0 Å². The third-order valence-corrected chi connectivity index (χ3v) is 12.2. The highest BCUT2D eigenvalue weighted by molar-refractivity contribution is 5.70. The predicted molar refractivity (Wildman–Crippen MR) is 288 cm³/mol. The summed E-state index contributed by atoms with van der Waals surface area (Å²) in [5, 5.41) is 11.7. The van der Waals surface area contributed by atoms with E-state index in [0.29, 0.717) is 17.4 Å². The van der Waals surface area contributed by atoms with Crippen molar-refractivity contribution in [2.24, 2.45) is 0 Å². The summed E-state index contributed by atoms with van der Waals surface area (Å²) in [6.07, 6.45) is 61.5. The molecule has 69 heavy (non-hydrogen) atoms. The molecule has 0 aliphatic rings. The number of likely N-dealkylation sites (N-methyl/N-ethyl adjacent to an activating group) is 1. The molecule has 0 spiro atoms. The molecule has 0 aromatic carbocycles. The van der Waals surface area contributed by atoms with Crippen molar-refractivity contribution >= 4 is 17.9 Å². The molecule has 0 saturated heterocycles. The van der Waals surface area contributed by atoms with Gasteiger partial charge in [-0.1, -0.05) is 216 Å². The van der Waals surface area contributed by atoms with E-state index in [-0.39, 0.29) is 38.6 Å². The number of carboxylic acid groups (broad SMARTS) is 1. The summed E-state index contributed by atoms with van der Waals surface area (Å²) in [6.45, 7) is 4.59. The largest absolute Gasteiger partial charge is 0.545 e. The summed E-state index contributed by atoms with van der Waals surface area (Å²) in [7, 11) is 5.90. The van der Waals surface area contributed by atoms with Gasteiger partial charge in [0.2, 0.25) is 0 Å². The lowest BCUT2D eigenvalue weighted by molar-refractivity contribution is -0.870. The van der Waals surface area contributed by atoms with Gasteiger partial charge in [-0.15, -0.1) is 0 Å². The van der Waals surface area contributed by atoms with E-state index in [9.17, 15) is 19.5 Å². The van der Waals surface area contributed by atoms with Crippen LogP contribution in [0.25, 0.3) is 0 Å². The summed E-state index contributed by atoms with van der Waals surface area (Å²) in [5.74, 6) is -2.34. The molecule has 2 unspecified atom stereocenters. The minimum atomic E-state index is -1.63. The van der Waals surface area contributed by atoms with Gasteiger partial charge in [0, 0.05) is 12.8 Å². The molecule has 0 amide bonds. The van der Waals surface area contributed by atoms with Gasteiger partial charge >= 0.3 is 11.9 Å². The molecule has 0 fully saturated rings. The fraction of sp³-hybridized carbons (Fsp3) is 0.783. The van der Waals surface area contributed by atoms with Crippen molar-refractivity contribution in [1.29, 1.82) is 0 Å². The smallest absolute Gasteiger partial charge is 0.306 e. The predicted octanol–water partition coefficient (Wildman–Crippen LogP) is 15.1. The van der Waals surface area contributed by atoms with E-state index in [1.807, 2.05) is 21.1 Å². The average Bonchev–Trinajstić information content (AvgIpc) is 3.31. The topological polar surface area (TPSA) is 111 Å². The zero-order chi connectivity index (χ0) is 50.6. The fourth-order valence-corrected chi connectivity index (χ4v) is 7.88. The number of unbranched alkanes of at least 4 members (excludes halogenated alkanes) is 27. The van der Waals surface area contributed by atoms with E-state index in [0.717, 1.165) is 57.8 Å². The summed E-state index contributed by atoms with van der Waals surface area (Å²) >= 11 is 0. The summed E-state index contributed by atoms with van der Waals surface area (Å²) in [4.78, 5) is 37.2. The number of carbonyl (C=O) groups excluding carboxylic acids is 3. The Labute approximate surface area is 425 Å². The number of carboxylic acids is 1. The van der Waals surface area contributed by atoms with E-state index in [4.69, 9.17) is 18.9 Å². The SMILES string of the molecule is CC/C=C\C/C=C\C/C=C\C/C=C\CCCCC(=O)OC(COC(=O)CCCCCCCCCCCCCCCCCCC/C=C\CCCCCCCCCC)COC(OCC[N+](C)(C)C)C(=O)[O-]. The van der Waals surface area contributed by atoms with Crippen molar-refractivity contribution in [2.45, 2.75) is 257 Å². The Morgan fingerprint density at radius 1 is 0.449 bits per heavy atom. The standard InChI is InChI=1S/C60H107NO8/c1-6-8-10-12-14-16-18-20-22-23-24-25-26-27-28-29-30-31-32-33-34-35-37-38-40-42-44-46-48-50-57(62)67-54-56(55-68-60(59(64)65)66-53-52-61(3,4)5)69-58(63)51-49-47-45-43-41-39-36-21-19-17-15-13-11-9-7-2/h9,11,15,17,21,23-24,36,41,43,56,60H,6-8,10,12-14,16,18-20,22,25-35,37-40,42,44-55H2,1-5H3/b11-9-,17-15-,24-23-,36-21-,43-41-. The maximum absolute atomic E-state index is 12.8. The van der Waals surface area contributed by atoms with E-state index in [1.54, 1.807) is 0 Å². The lowest BCUT2D eigenvalue weighted by atomic mass is 10.0. The Balaban J connectivity index is 4.17. The number of allylic oxidation sites excluding steroid dienone is 10. The molecule has 2 atom stereocenters. The molecule has 9 heteroatoms. The van der Waals surface area contributed by atoms with Crippen LogP contribution in [0, 0.1) is 0 Å². The maximum atomic E-state index is 12.8. The number of quaternary nitrogens is 1. The molecule has 0 N–H and O–H groups in total. The fourth-order valence-electron chi connectivity index (χ4n) is 7.88. The number of hydrogen-bond acceptors (Lipinski definition) is 8. The van der Waals surface area contributed by atoms with Crippen molar-refractivity contribution in [3.63, 3.8) is 0 Å². The first-order valence-corrected chi connectivity index (χ1v) is 28.4. The highest BCUT2D eigenvalue weighted by atomic mass is 16.7. The Hall–Kier alpha value is -3.01. The minimum Gasteiger partial charge on any atom is -0.545 e. The van der Waals surface area contributed by atoms with Gasteiger partial charge in [0.05, 0.1) is 40.3 Å². The van der Waals surface area contributed by atoms with Crippen LogP contribution in [0.2, 0.25) is 0 Å². The zero-order valence-corrected chi connectivity index (χ0v) is 45.4. The summed E-state index contributed by atoms with van der Waals surface area (Å²) < 4.78 is 22.6. The van der Waals surface area contributed by atoms with E-state index in [1.165, 1.54) is 154 Å². The minimum absolute atomic E-state index is 0.138. The van der Waals surface area contributed by atoms with Gasteiger partial charge in [-0.3, -0.25) is 9.59 Å². The monoisotopic (exact) mass is 970 g/mol. The molecule has 400 valence electrons. The van der Waals surface area contributed by atoms with Crippen LogP contribution in [0.3, 0.4) is 0 Å². The Kier molecular flexibility index (Phi) is 49.1. The van der Waals surface area contributed by atoms with Gasteiger partial charge in [0.15, 0.2) is 12.4 Å². The summed E-state index contributed by atoms with van der Waals surface area (Å²) in [5.41, 5.74) is 0. The summed E-state index contributed by atoms with van der Waals surface area (Å²) in [6, 6.07) is 0. The Morgan fingerprint density at radius 3 is 1.28 bits per heavy atom. The van der Waals surface area contributed by atoms with Crippen molar-refractivity contribution in [3.8, 4) is 0 Å². The second-order valence-electron chi connectivity index (χ2n) is 20.2. The van der Waals surface area contributed by atoms with Crippen LogP contribution in [0.1, 0.15) is 245 Å². The molecule has 0 bridgehead atoms. The molecular weight excluding hydrogens is 863 g/mol. The Bertz CT molecular complexity index is 1310. The molecule has 9 nitrogen and oxygen atoms in total. The van der Waals surface area contributed by atoms with E-state index < -0.39 is 24.3 Å². The van der Waals surface area contributed by atoms with Crippen LogP contribution < -0.4 is 5.11 Å². The number of aliphatic carboxylic acids is 1. The van der Waals surface area contributed by atoms with Gasteiger partial charge in [0.1, 0.15) is 13.2 Å².